The van der Waals surface area contributed by atoms with Gasteiger partial charge in [0.15, 0.2) is 0 Å². The van der Waals surface area contributed by atoms with Crippen LogP contribution in [0, 0.1) is 11.3 Å². The minimum absolute atomic E-state index is 0.161. The van der Waals surface area contributed by atoms with Gasteiger partial charge in [-0.25, -0.2) is 0 Å². The number of methoxy groups -OCH3 is 2. The maximum Gasteiger partial charge on any atom is 0.256 e. The van der Waals surface area contributed by atoms with Crippen LogP contribution in [0.3, 0.4) is 0 Å². The first-order valence-corrected chi connectivity index (χ1v) is 6.70. The molecule has 0 aromatic carbocycles. The first kappa shape index (κ1) is 16.2. The van der Waals surface area contributed by atoms with Crippen LogP contribution in [-0.2, 0) is 9.47 Å². The second-order valence-corrected chi connectivity index (χ2v) is 4.95. The minimum Gasteiger partial charge on any atom is -0.396 e. The molecule has 1 aromatic rings. The monoisotopic (exact) mass is 298 g/mol. The number of carbonyl (C=O) groups excluding carboxylic acids is 1. The average Bonchev–Trinajstić information content (AvgIpc) is 2.78. The maximum atomic E-state index is 11.8. The summed E-state index contributed by atoms with van der Waals surface area (Å²) in [6.07, 6.45) is -0.161. The van der Waals surface area contributed by atoms with Gasteiger partial charge in [0.1, 0.15) is 15.9 Å². The van der Waals surface area contributed by atoms with Crippen molar-refractivity contribution in [1.29, 1.82) is 5.26 Å². The third kappa shape index (κ3) is 3.60. The smallest absolute Gasteiger partial charge is 0.256 e. The third-order valence-electron chi connectivity index (χ3n) is 2.68. The van der Waals surface area contributed by atoms with Crippen LogP contribution >= 0.6 is 11.3 Å². The molecule has 0 aliphatic heterocycles. The Morgan fingerprint density at radius 2 is 2.25 bits per heavy atom. The Bertz CT molecular complexity index is 510. The van der Waals surface area contributed by atoms with Crippen molar-refractivity contribution in [3.63, 3.8) is 0 Å². The van der Waals surface area contributed by atoms with E-state index in [4.69, 9.17) is 20.5 Å². The van der Waals surface area contributed by atoms with Crippen molar-refractivity contribution in [3.05, 3.63) is 10.4 Å². The lowest BCUT2D eigenvalue weighted by Crippen LogP contribution is -2.27. The Morgan fingerprint density at radius 3 is 2.75 bits per heavy atom. The van der Waals surface area contributed by atoms with Crippen LogP contribution in [0.4, 0.5) is 10.7 Å². The van der Waals surface area contributed by atoms with Gasteiger partial charge >= 0.3 is 0 Å². The molecule has 1 heterocycles. The zero-order valence-electron chi connectivity index (χ0n) is 11.6. The molecule has 4 N–H and O–H groups in total. The zero-order chi connectivity index (χ0) is 15.1. The highest BCUT2D eigenvalue weighted by atomic mass is 32.1. The molecule has 1 amide bonds. The van der Waals surface area contributed by atoms with Gasteiger partial charge in [-0.1, -0.05) is 0 Å². The summed E-state index contributed by atoms with van der Waals surface area (Å²) >= 11 is 1.15. The van der Waals surface area contributed by atoms with Gasteiger partial charge in [-0.3, -0.25) is 4.79 Å². The molecule has 0 saturated heterocycles. The van der Waals surface area contributed by atoms with Gasteiger partial charge in [-0.05, 0) is 0 Å². The summed E-state index contributed by atoms with van der Waals surface area (Å²) in [7, 11) is 4.67. The molecule has 1 unspecified atom stereocenters. The highest BCUT2D eigenvalue weighted by Gasteiger charge is 2.21. The summed E-state index contributed by atoms with van der Waals surface area (Å²) in [5.74, 6) is -0.330. The molecule has 0 bridgehead atoms. The second kappa shape index (κ2) is 7.69. The van der Waals surface area contributed by atoms with E-state index >= 15 is 0 Å². The summed E-state index contributed by atoms with van der Waals surface area (Å²) < 4.78 is 10.2. The molecule has 0 saturated carbocycles. The quantitative estimate of drug-likeness (QED) is 0.681. The zero-order valence-corrected chi connectivity index (χ0v) is 12.5. The van der Waals surface area contributed by atoms with E-state index in [-0.39, 0.29) is 17.7 Å². The largest absolute Gasteiger partial charge is 0.396 e. The molecule has 0 spiro atoms. The summed E-state index contributed by atoms with van der Waals surface area (Å²) in [5, 5.41) is 15.1. The van der Waals surface area contributed by atoms with Crippen molar-refractivity contribution in [1.82, 2.24) is 5.32 Å². The van der Waals surface area contributed by atoms with Crippen molar-refractivity contribution in [2.24, 2.45) is 0 Å². The molecule has 0 aliphatic rings. The van der Waals surface area contributed by atoms with Crippen LogP contribution < -0.4 is 16.4 Å². The third-order valence-corrected chi connectivity index (χ3v) is 3.74. The fourth-order valence-electron chi connectivity index (χ4n) is 1.60. The normalized spacial score (nSPS) is 11.7. The summed E-state index contributed by atoms with van der Waals surface area (Å²) in [6.45, 7) is 0.865. The topological polar surface area (TPSA) is 109 Å². The Hall–Kier alpha value is -1.82. The molecule has 0 aliphatic carbocycles. The number of anilines is 2. The van der Waals surface area contributed by atoms with E-state index in [9.17, 15) is 4.79 Å². The van der Waals surface area contributed by atoms with Gasteiger partial charge in [-0.15, -0.1) is 11.3 Å². The van der Waals surface area contributed by atoms with Crippen LogP contribution in [0.2, 0.25) is 0 Å². The Morgan fingerprint density at radius 1 is 1.55 bits per heavy atom. The molecular weight excluding hydrogens is 280 g/mol. The number of ether oxygens (including phenoxy) is 2. The highest BCUT2D eigenvalue weighted by Crippen LogP contribution is 2.35. The van der Waals surface area contributed by atoms with Crippen LogP contribution in [0.5, 0.6) is 0 Å². The van der Waals surface area contributed by atoms with Gasteiger partial charge in [0.05, 0.1) is 24.0 Å². The SMILES string of the molecule is CNC(=O)c1c(NCC(COC)OC)sc(C#N)c1N. The Balaban J connectivity index is 2.94. The molecule has 7 nitrogen and oxygen atoms in total. The number of nitriles is 1. The van der Waals surface area contributed by atoms with Crippen molar-refractivity contribution in [2.75, 3.05) is 45.5 Å². The predicted molar refractivity (Wildman–Crippen MR) is 78.0 cm³/mol. The molecular formula is C12H18N4O3S. The first-order chi connectivity index (χ1) is 9.58. The minimum atomic E-state index is -0.330. The van der Waals surface area contributed by atoms with Crippen LogP contribution in [0.1, 0.15) is 15.2 Å². The van der Waals surface area contributed by atoms with Gasteiger partial charge in [-0.2, -0.15) is 5.26 Å². The summed E-state index contributed by atoms with van der Waals surface area (Å²) in [4.78, 5) is 12.1. The van der Waals surface area contributed by atoms with E-state index in [2.05, 4.69) is 10.6 Å². The molecule has 20 heavy (non-hydrogen) atoms. The van der Waals surface area contributed by atoms with Crippen molar-refractivity contribution in [3.8, 4) is 6.07 Å². The molecule has 1 rings (SSSR count). The number of nitrogens with zero attached hydrogens (tertiary/aromatic N) is 1. The van der Waals surface area contributed by atoms with E-state index in [1.54, 1.807) is 14.2 Å². The summed E-state index contributed by atoms with van der Waals surface area (Å²) in [5.41, 5.74) is 6.31. The predicted octanol–water partition coefficient (Wildman–Crippen LogP) is 0.635. The van der Waals surface area contributed by atoms with Crippen molar-refractivity contribution < 1.29 is 14.3 Å². The number of nitrogens with two attached hydrogens (primary N) is 1. The number of nitrogens with one attached hydrogen (secondary N) is 2. The van der Waals surface area contributed by atoms with E-state index in [0.29, 0.717) is 28.6 Å². The number of amides is 1. The highest BCUT2D eigenvalue weighted by molar-refractivity contribution is 7.17. The fourth-order valence-corrected chi connectivity index (χ4v) is 2.53. The van der Waals surface area contributed by atoms with Crippen molar-refractivity contribution in [2.45, 2.75) is 6.10 Å². The van der Waals surface area contributed by atoms with E-state index < -0.39 is 0 Å². The lowest BCUT2D eigenvalue weighted by molar-refractivity contribution is 0.0366. The number of rotatable bonds is 7. The molecule has 8 heteroatoms. The number of hydrogen-bond acceptors (Lipinski definition) is 7. The lowest BCUT2D eigenvalue weighted by Gasteiger charge is -2.15. The van der Waals surface area contributed by atoms with Crippen LogP contribution in [0.25, 0.3) is 0 Å². The average molecular weight is 298 g/mol. The van der Waals surface area contributed by atoms with E-state index in [1.165, 1.54) is 7.05 Å². The van der Waals surface area contributed by atoms with Gasteiger partial charge in [0.2, 0.25) is 0 Å². The lowest BCUT2D eigenvalue weighted by atomic mass is 10.2. The van der Waals surface area contributed by atoms with E-state index in [1.807, 2.05) is 6.07 Å². The second-order valence-electron chi connectivity index (χ2n) is 3.93. The molecule has 1 aromatic heterocycles. The maximum absolute atomic E-state index is 11.8. The standard InChI is InChI=1S/C12H18N4O3S/c1-15-11(17)9-10(14)8(4-13)20-12(9)16-5-7(19-3)6-18-2/h7,16H,5-6,14H2,1-3H3,(H,15,17). The number of nitrogen functional groups attached to an aromatic ring is 1. The Kier molecular flexibility index (Phi) is 6.24. The van der Waals surface area contributed by atoms with Crippen molar-refractivity contribution >= 4 is 27.9 Å². The fraction of sp³-hybridized carbons (Fsp3) is 0.500. The van der Waals surface area contributed by atoms with Gasteiger partial charge in [0, 0.05) is 27.8 Å². The van der Waals surface area contributed by atoms with Crippen LogP contribution in [-0.4, -0.2) is 46.4 Å². The first-order valence-electron chi connectivity index (χ1n) is 5.89. The van der Waals surface area contributed by atoms with Crippen LogP contribution in [0.15, 0.2) is 0 Å². The number of hydrogen-bond donors (Lipinski definition) is 3. The van der Waals surface area contributed by atoms with Gasteiger partial charge in [0.25, 0.3) is 5.91 Å². The molecule has 0 radical (unpaired) electrons. The number of carbonyl (C=O) groups is 1. The Labute approximate surface area is 121 Å². The molecule has 110 valence electrons. The molecule has 1 atom stereocenters. The van der Waals surface area contributed by atoms with E-state index in [0.717, 1.165) is 11.3 Å². The number of thiophene rings is 1. The summed E-state index contributed by atoms with van der Waals surface area (Å²) in [6, 6.07) is 1.98. The molecule has 0 fully saturated rings. The van der Waals surface area contributed by atoms with Gasteiger partial charge < -0.3 is 25.8 Å².